The Bertz CT molecular complexity index is 111. The number of hydrogen-bond donors (Lipinski definition) is 3. The molecule has 0 heterocycles. The fourth-order valence-electron chi connectivity index (χ4n) is 0.899. The second-order valence-corrected chi connectivity index (χ2v) is 2.32. The van der Waals surface area contributed by atoms with Gasteiger partial charge in [-0.25, -0.2) is 0 Å². The highest BCUT2D eigenvalue weighted by Gasteiger charge is 2.13. The van der Waals surface area contributed by atoms with E-state index in [0.717, 1.165) is 12.8 Å². The summed E-state index contributed by atoms with van der Waals surface area (Å²) < 4.78 is 0. The SMILES string of the molecule is CCC[C@H](NCO)C(=O)NC. The summed E-state index contributed by atoms with van der Waals surface area (Å²) in [4.78, 5) is 11.0. The number of aliphatic hydroxyl groups excluding tert-OH is 1. The molecule has 0 aliphatic heterocycles. The molecule has 0 unspecified atom stereocenters. The first-order valence-corrected chi connectivity index (χ1v) is 3.82. The minimum absolute atomic E-state index is 0.0686. The van der Waals surface area contributed by atoms with Gasteiger partial charge in [-0.1, -0.05) is 13.3 Å². The van der Waals surface area contributed by atoms with E-state index in [9.17, 15) is 4.79 Å². The number of nitrogens with one attached hydrogen (secondary N) is 2. The van der Waals surface area contributed by atoms with Crippen molar-refractivity contribution in [3.05, 3.63) is 0 Å². The Morgan fingerprint density at radius 3 is 2.64 bits per heavy atom. The average molecular weight is 160 g/mol. The third-order valence-electron chi connectivity index (χ3n) is 1.48. The van der Waals surface area contributed by atoms with E-state index >= 15 is 0 Å². The monoisotopic (exact) mass is 160 g/mol. The summed E-state index contributed by atoms with van der Waals surface area (Å²) >= 11 is 0. The van der Waals surface area contributed by atoms with E-state index in [4.69, 9.17) is 5.11 Å². The Morgan fingerprint density at radius 1 is 1.64 bits per heavy atom. The first-order chi connectivity index (χ1) is 5.26. The number of aliphatic hydroxyl groups is 1. The van der Waals surface area contributed by atoms with Crippen LogP contribution >= 0.6 is 0 Å². The number of rotatable bonds is 5. The van der Waals surface area contributed by atoms with E-state index in [1.165, 1.54) is 0 Å². The normalized spacial score (nSPS) is 12.6. The van der Waals surface area contributed by atoms with Crippen molar-refractivity contribution in [3.63, 3.8) is 0 Å². The van der Waals surface area contributed by atoms with E-state index in [1.807, 2.05) is 6.92 Å². The minimum atomic E-state index is -0.255. The van der Waals surface area contributed by atoms with Crippen LogP contribution in [-0.4, -0.2) is 30.8 Å². The molecule has 0 aromatic rings. The van der Waals surface area contributed by atoms with Gasteiger partial charge in [0.15, 0.2) is 0 Å². The van der Waals surface area contributed by atoms with Crippen molar-refractivity contribution in [1.29, 1.82) is 0 Å². The Balaban J connectivity index is 3.76. The maximum absolute atomic E-state index is 11.0. The highest BCUT2D eigenvalue weighted by molar-refractivity contribution is 5.81. The number of likely N-dealkylation sites (N-methyl/N-ethyl adjacent to an activating group) is 1. The Morgan fingerprint density at radius 2 is 2.27 bits per heavy atom. The van der Waals surface area contributed by atoms with Gasteiger partial charge in [0.25, 0.3) is 0 Å². The van der Waals surface area contributed by atoms with Gasteiger partial charge < -0.3 is 10.4 Å². The topological polar surface area (TPSA) is 61.4 Å². The molecule has 1 amide bonds. The molecule has 66 valence electrons. The Kier molecular flexibility index (Phi) is 5.78. The van der Waals surface area contributed by atoms with E-state index in [0.29, 0.717) is 0 Å². The van der Waals surface area contributed by atoms with E-state index in [-0.39, 0.29) is 18.7 Å². The molecule has 4 heteroatoms. The maximum atomic E-state index is 11.0. The smallest absolute Gasteiger partial charge is 0.236 e. The summed E-state index contributed by atoms with van der Waals surface area (Å²) in [7, 11) is 1.59. The van der Waals surface area contributed by atoms with Crippen molar-refractivity contribution in [2.45, 2.75) is 25.8 Å². The lowest BCUT2D eigenvalue weighted by molar-refractivity contribution is -0.123. The van der Waals surface area contributed by atoms with E-state index in [1.54, 1.807) is 7.05 Å². The largest absolute Gasteiger partial charge is 0.381 e. The highest BCUT2D eigenvalue weighted by atomic mass is 16.3. The fraction of sp³-hybridized carbons (Fsp3) is 0.857. The van der Waals surface area contributed by atoms with Crippen LogP contribution in [0.4, 0.5) is 0 Å². The van der Waals surface area contributed by atoms with Crippen LogP contribution in [0.2, 0.25) is 0 Å². The maximum Gasteiger partial charge on any atom is 0.236 e. The summed E-state index contributed by atoms with van der Waals surface area (Å²) in [6.07, 6.45) is 1.67. The van der Waals surface area contributed by atoms with Crippen LogP contribution in [0.5, 0.6) is 0 Å². The molecule has 0 aromatic carbocycles. The second-order valence-electron chi connectivity index (χ2n) is 2.32. The lowest BCUT2D eigenvalue weighted by Crippen LogP contribution is -2.43. The van der Waals surface area contributed by atoms with Crippen LogP contribution in [0.1, 0.15) is 19.8 Å². The van der Waals surface area contributed by atoms with Crippen molar-refractivity contribution >= 4 is 5.91 Å². The molecule has 4 nitrogen and oxygen atoms in total. The van der Waals surface area contributed by atoms with Gasteiger partial charge in [-0.3, -0.25) is 10.1 Å². The zero-order valence-electron chi connectivity index (χ0n) is 7.05. The van der Waals surface area contributed by atoms with Gasteiger partial charge in [0.2, 0.25) is 5.91 Å². The second kappa shape index (κ2) is 6.12. The van der Waals surface area contributed by atoms with E-state index < -0.39 is 0 Å². The van der Waals surface area contributed by atoms with Gasteiger partial charge in [0.1, 0.15) is 0 Å². The van der Waals surface area contributed by atoms with Gasteiger partial charge in [-0.05, 0) is 6.42 Å². The fourth-order valence-corrected chi connectivity index (χ4v) is 0.899. The Labute approximate surface area is 67.0 Å². The molecule has 0 rings (SSSR count). The Hall–Kier alpha value is -0.610. The van der Waals surface area contributed by atoms with Crippen molar-refractivity contribution < 1.29 is 9.90 Å². The van der Waals surface area contributed by atoms with Crippen LogP contribution in [0, 0.1) is 0 Å². The third-order valence-corrected chi connectivity index (χ3v) is 1.48. The summed E-state index contributed by atoms with van der Waals surface area (Å²) in [5.74, 6) is -0.0686. The predicted octanol–water partition coefficient (Wildman–Crippen LogP) is -0.560. The lowest BCUT2D eigenvalue weighted by Gasteiger charge is -2.13. The minimum Gasteiger partial charge on any atom is -0.381 e. The zero-order chi connectivity index (χ0) is 8.69. The molecular formula is C7H16N2O2. The lowest BCUT2D eigenvalue weighted by atomic mass is 10.1. The van der Waals surface area contributed by atoms with Crippen molar-refractivity contribution in [1.82, 2.24) is 10.6 Å². The van der Waals surface area contributed by atoms with Crippen LogP contribution < -0.4 is 10.6 Å². The zero-order valence-corrected chi connectivity index (χ0v) is 7.05. The number of carbonyl (C=O) groups excluding carboxylic acids is 1. The summed E-state index contributed by atoms with van der Waals surface area (Å²) in [5, 5.41) is 13.7. The molecule has 3 N–H and O–H groups in total. The van der Waals surface area contributed by atoms with Gasteiger partial charge >= 0.3 is 0 Å². The molecule has 1 atom stereocenters. The summed E-state index contributed by atoms with van der Waals surface area (Å²) in [6.45, 7) is 1.84. The van der Waals surface area contributed by atoms with Gasteiger partial charge in [0, 0.05) is 7.05 Å². The summed E-state index contributed by atoms with van der Waals surface area (Å²) in [6, 6.07) is -0.255. The average Bonchev–Trinajstić information content (AvgIpc) is 2.03. The van der Waals surface area contributed by atoms with Gasteiger partial charge in [-0.15, -0.1) is 0 Å². The molecule has 0 fully saturated rings. The molecule has 0 radical (unpaired) electrons. The van der Waals surface area contributed by atoms with E-state index in [2.05, 4.69) is 10.6 Å². The quantitative estimate of drug-likeness (QED) is 0.472. The number of carbonyl (C=O) groups is 1. The molecular weight excluding hydrogens is 144 g/mol. The van der Waals surface area contributed by atoms with Crippen LogP contribution in [0.15, 0.2) is 0 Å². The van der Waals surface area contributed by atoms with Gasteiger partial charge in [0.05, 0.1) is 12.8 Å². The van der Waals surface area contributed by atoms with Crippen LogP contribution in [0.3, 0.4) is 0 Å². The third kappa shape index (κ3) is 3.95. The van der Waals surface area contributed by atoms with Crippen LogP contribution in [-0.2, 0) is 4.79 Å². The predicted molar refractivity (Wildman–Crippen MR) is 43.0 cm³/mol. The molecule has 0 aromatic heterocycles. The number of hydrogen-bond acceptors (Lipinski definition) is 3. The van der Waals surface area contributed by atoms with Crippen molar-refractivity contribution in [2.75, 3.05) is 13.8 Å². The molecule has 11 heavy (non-hydrogen) atoms. The summed E-state index contributed by atoms with van der Waals surface area (Å²) in [5.41, 5.74) is 0. The molecule has 0 spiro atoms. The standard InChI is InChI=1S/C7H16N2O2/c1-3-4-6(9-5-10)7(11)8-2/h6,9-10H,3-5H2,1-2H3,(H,8,11)/t6-/m0/s1. The first-order valence-electron chi connectivity index (χ1n) is 3.82. The molecule has 0 saturated carbocycles. The highest BCUT2D eigenvalue weighted by Crippen LogP contribution is 1.95. The molecule has 0 aliphatic carbocycles. The van der Waals surface area contributed by atoms with Gasteiger partial charge in [-0.2, -0.15) is 0 Å². The van der Waals surface area contributed by atoms with Crippen molar-refractivity contribution in [3.8, 4) is 0 Å². The molecule has 0 bridgehead atoms. The first kappa shape index (κ1) is 10.4. The molecule has 0 aliphatic rings. The molecule has 0 saturated heterocycles. The number of amides is 1. The van der Waals surface area contributed by atoms with Crippen LogP contribution in [0.25, 0.3) is 0 Å². The van der Waals surface area contributed by atoms with Crippen molar-refractivity contribution in [2.24, 2.45) is 0 Å².